The minimum Gasteiger partial charge on any atom is -0.387 e. The summed E-state index contributed by atoms with van der Waals surface area (Å²) in [5.74, 6) is -0.809. The molecule has 0 aliphatic carbocycles. The van der Waals surface area contributed by atoms with Gasteiger partial charge in [-0.05, 0) is 30.0 Å². The topological polar surface area (TPSA) is 77.1 Å². The first-order valence-corrected chi connectivity index (χ1v) is 8.46. The van der Waals surface area contributed by atoms with Crippen molar-refractivity contribution in [1.29, 1.82) is 0 Å². The van der Waals surface area contributed by atoms with E-state index in [-0.39, 0.29) is 24.4 Å². The molecule has 0 spiro atoms. The van der Waals surface area contributed by atoms with Gasteiger partial charge >= 0.3 is 5.76 Å². The molecule has 0 radical (unpaired) electrons. The molecule has 6 nitrogen and oxygen atoms in total. The average molecular weight is 364 g/mol. The van der Waals surface area contributed by atoms with Gasteiger partial charge in [0.05, 0.1) is 10.9 Å². The highest BCUT2D eigenvalue weighted by molar-refractivity contribution is 7.13. The van der Waals surface area contributed by atoms with Crippen molar-refractivity contribution in [2.75, 3.05) is 0 Å². The van der Waals surface area contributed by atoms with E-state index < -0.39 is 5.76 Å². The molecule has 8 heteroatoms. The van der Waals surface area contributed by atoms with Crippen molar-refractivity contribution >= 4 is 28.8 Å². The molecule has 0 saturated carbocycles. The van der Waals surface area contributed by atoms with Gasteiger partial charge in [0, 0.05) is 5.02 Å². The van der Waals surface area contributed by atoms with Crippen molar-refractivity contribution in [2.45, 2.75) is 19.5 Å². The standard InChI is InChI=1S/C16H14ClN3O3S/c1-10(11-5-2-3-6-12(11)17)18-14(21)9-20-16(22)23-15(19-20)13-7-4-8-24-13/h2-8,10H,9H2,1H3,(H,18,21). The molecule has 1 aromatic carbocycles. The van der Waals surface area contributed by atoms with E-state index in [9.17, 15) is 9.59 Å². The van der Waals surface area contributed by atoms with E-state index in [4.69, 9.17) is 16.0 Å². The Balaban J connectivity index is 1.69. The van der Waals surface area contributed by atoms with E-state index in [0.29, 0.717) is 5.02 Å². The number of rotatable bonds is 5. The lowest BCUT2D eigenvalue weighted by molar-refractivity contribution is -0.122. The summed E-state index contributed by atoms with van der Waals surface area (Å²) in [5, 5.41) is 9.27. The second kappa shape index (κ2) is 7.02. The van der Waals surface area contributed by atoms with Crippen molar-refractivity contribution in [3.05, 3.63) is 62.9 Å². The maximum absolute atomic E-state index is 12.2. The summed E-state index contributed by atoms with van der Waals surface area (Å²) in [6.45, 7) is 1.60. The number of carbonyl (C=O) groups excluding carboxylic acids is 1. The lowest BCUT2D eigenvalue weighted by Crippen LogP contribution is -2.33. The second-order valence-corrected chi connectivity index (χ2v) is 6.47. The largest absolute Gasteiger partial charge is 0.437 e. The molecular formula is C16H14ClN3O3S. The van der Waals surface area contributed by atoms with Gasteiger partial charge in [0.15, 0.2) is 0 Å². The first-order valence-electron chi connectivity index (χ1n) is 7.20. The van der Waals surface area contributed by atoms with Crippen molar-refractivity contribution in [1.82, 2.24) is 15.1 Å². The molecule has 2 heterocycles. The van der Waals surface area contributed by atoms with Gasteiger partial charge < -0.3 is 9.73 Å². The third kappa shape index (κ3) is 3.58. The van der Waals surface area contributed by atoms with Gasteiger partial charge in [0.1, 0.15) is 6.54 Å². The zero-order valence-electron chi connectivity index (χ0n) is 12.7. The fourth-order valence-corrected chi connectivity index (χ4v) is 3.18. The summed E-state index contributed by atoms with van der Waals surface area (Å²) in [6, 6.07) is 10.6. The van der Waals surface area contributed by atoms with Crippen LogP contribution in [0.15, 0.2) is 51.0 Å². The summed E-state index contributed by atoms with van der Waals surface area (Å²) < 4.78 is 6.08. The molecule has 1 amide bonds. The maximum Gasteiger partial charge on any atom is 0.437 e. The van der Waals surface area contributed by atoms with Crippen molar-refractivity contribution < 1.29 is 9.21 Å². The Morgan fingerprint density at radius 2 is 2.17 bits per heavy atom. The van der Waals surface area contributed by atoms with Gasteiger partial charge in [-0.1, -0.05) is 35.9 Å². The minimum atomic E-state index is -0.668. The average Bonchev–Trinajstić information content (AvgIpc) is 3.18. The van der Waals surface area contributed by atoms with Crippen LogP contribution in [0.3, 0.4) is 0 Å². The smallest absolute Gasteiger partial charge is 0.387 e. The Morgan fingerprint density at radius 1 is 1.38 bits per heavy atom. The molecule has 0 aliphatic rings. The summed E-state index contributed by atoms with van der Waals surface area (Å²) in [7, 11) is 0. The third-order valence-corrected chi connectivity index (χ3v) is 4.58. The Kier molecular flexibility index (Phi) is 4.82. The molecule has 1 N–H and O–H groups in total. The SMILES string of the molecule is CC(NC(=O)Cn1nc(-c2cccs2)oc1=O)c1ccccc1Cl. The molecule has 0 aliphatic heterocycles. The minimum absolute atomic E-state index is 0.210. The summed E-state index contributed by atoms with van der Waals surface area (Å²) in [6.07, 6.45) is 0. The van der Waals surface area contributed by atoms with Gasteiger partial charge in [-0.3, -0.25) is 4.79 Å². The molecule has 2 aromatic heterocycles. The number of aromatic nitrogens is 2. The fourth-order valence-electron chi connectivity index (χ4n) is 2.23. The number of hydrogen-bond acceptors (Lipinski definition) is 5. The number of halogens is 1. The lowest BCUT2D eigenvalue weighted by atomic mass is 10.1. The molecule has 3 rings (SSSR count). The number of benzene rings is 1. The predicted molar refractivity (Wildman–Crippen MR) is 92.1 cm³/mol. The Bertz CT molecular complexity index is 901. The van der Waals surface area contributed by atoms with Crippen LogP contribution >= 0.6 is 22.9 Å². The number of amides is 1. The summed E-state index contributed by atoms with van der Waals surface area (Å²) in [5.41, 5.74) is 0.805. The van der Waals surface area contributed by atoms with E-state index in [2.05, 4.69) is 10.4 Å². The van der Waals surface area contributed by atoms with Crippen molar-refractivity contribution in [2.24, 2.45) is 0 Å². The highest BCUT2D eigenvalue weighted by atomic mass is 35.5. The predicted octanol–water partition coefficient (Wildman–Crippen LogP) is 3.10. The van der Waals surface area contributed by atoms with Crippen molar-refractivity contribution in [3.8, 4) is 10.8 Å². The molecule has 24 heavy (non-hydrogen) atoms. The molecule has 1 unspecified atom stereocenters. The van der Waals surface area contributed by atoms with Crippen LogP contribution < -0.4 is 11.1 Å². The number of nitrogens with zero attached hydrogens (tertiary/aromatic N) is 2. The van der Waals surface area contributed by atoms with E-state index >= 15 is 0 Å². The highest BCUT2D eigenvalue weighted by Crippen LogP contribution is 2.22. The monoisotopic (exact) mass is 363 g/mol. The number of thiophene rings is 1. The van der Waals surface area contributed by atoms with Gasteiger partial charge in [-0.15, -0.1) is 16.4 Å². The van der Waals surface area contributed by atoms with Crippen LogP contribution in [0.5, 0.6) is 0 Å². The van der Waals surface area contributed by atoms with Gasteiger partial charge in [-0.2, -0.15) is 4.68 Å². The van der Waals surface area contributed by atoms with E-state index in [1.807, 2.05) is 36.6 Å². The first kappa shape index (κ1) is 16.5. The van der Waals surface area contributed by atoms with Crippen LogP contribution in [-0.2, 0) is 11.3 Å². The molecule has 1 atom stereocenters. The van der Waals surface area contributed by atoms with Crippen molar-refractivity contribution in [3.63, 3.8) is 0 Å². The van der Waals surface area contributed by atoms with Crippen LogP contribution in [0.4, 0.5) is 0 Å². The second-order valence-electron chi connectivity index (χ2n) is 5.12. The first-order chi connectivity index (χ1) is 11.5. The van der Waals surface area contributed by atoms with Crippen LogP contribution in [0.2, 0.25) is 5.02 Å². The molecule has 0 saturated heterocycles. The quantitative estimate of drug-likeness (QED) is 0.755. The normalized spacial score (nSPS) is 12.1. The molecular weight excluding hydrogens is 350 g/mol. The van der Waals surface area contributed by atoms with Crippen LogP contribution in [-0.4, -0.2) is 15.7 Å². The van der Waals surface area contributed by atoms with E-state index in [1.165, 1.54) is 11.3 Å². The number of nitrogens with one attached hydrogen (secondary N) is 1. The fraction of sp³-hybridized carbons (Fsp3) is 0.188. The van der Waals surface area contributed by atoms with Gasteiger partial charge in [0.25, 0.3) is 5.89 Å². The third-order valence-electron chi connectivity index (χ3n) is 3.38. The molecule has 0 bridgehead atoms. The summed E-state index contributed by atoms with van der Waals surface area (Å²) >= 11 is 7.52. The van der Waals surface area contributed by atoms with Gasteiger partial charge in [0.2, 0.25) is 5.91 Å². The molecule has 124 valence electrons. The maximum atomic E-state index is 12.2. The Labute approximate surface area is 146 Å². The van der Waals surface area contributed by atoms with E-state index in [0.717, 1.165) is 15.1 Å². The Morgan fingerprint density at radius 3 is 2.88 bits per heavy atom. The van der Waals surface area contributed by atoms with Crippen LogP contribution in [0, 0.1) is 0 Å². The summed E-state index contributed by atoms with van der Waals surface area (Å²) in [4.78, 5) is 24.7. The van der Waals surface area contributed by atoms with Gasteiger partial charge in [-0.25, -0.2) is 4.79 Å². The zero-order valence-corrected chi connectivity index (χ0v) is 14.3. The van der Waals surface area contributed by atoms with Crippen LogP contribution in [0.25, 0.3) is 10.8 Å². The lowest BCUT2D eigenvalue weighted by Gasteiger charge is -2.15. The Hall–Kier alpha value is -2.38. The highest BCUT2D eigenvalue weighted by Gasteiger charge is 2.16. The van der Waals surface area contributed by atoms with Crippen LogP contribution in [0.1, 0.15) is 18.5 Å². The number of carbonyl (C=O) groups is 1. The van der Waals surface area contributed by atoms with E-state index in [1.54, 1.807) is 12.1 Å². The zero-order chi connectivity index (χ0) is 17.1. The number of hydrogen-bond donors (Lipinski definition) is 1. The molecule has 3 aromatic rings. The molecule has 0 fully saturated rings.